The van der Waals surface area contributed by atoms with Gasteiger partial charge in [0.25, 0.3) is 0 Å². The van der Waals surface area contributed by atoms with Gasteiger partial charge in [0.1, 0.15) is 0 Å². The zero-order chi connectivity index (χ0) is 14.4. The summed E-state index contributed by atoms with van der Waals surface area (Å²) >= 11 is 0. The van der Waals surface area contributed by atoms with Crippen LogP contribution in [0.25, 0.3) is 0 Å². The molecule has 5 nitrogen and oxygen atoms in total. The molecule has 1 aromatic heterocycles. The number of hydrogen-bond donors (Lipinski definition) is 1. The number of carbonyl (C=O) groups excluding carboxylic acids is 1. The van der Waals surface area contributed by atoms with Crippen LogP contribution in [0.1, 0.15) is 43.2 Å². The summed E-state index contributed by atoms with van der Waals surface area (Å²) in [6, 6.07) is 0.523. The Kier molecular flexibility index (Phi) is 5.89. The molecule has 106 valence electrons. The molecule has 0 aliphatic heterocycles. The summed E-state index contributed by atoms with van der Waals surface area (Å²) in [7, 11) is 2.12. The van der Waals surface area contributed by atoms with Crippen LogP contribution < -0.4 is 5.32 Å². The Hall–Kier alpha value is -1.49. The van der Waals surface area contributed by atoms with Gasteiger partial charge in [-0.3, -0.25) is 4.79 Å². The molecule has 19 heavy (non-hydrogen) atoms. The number of nitrogens with zero attached hydrogens (tertiary/aromatic N) is 3. The first-order valence-electron chi connectivity index (χ1n) is 6.74. The van der Waals surface area contributed by atoms with E-state index in [0.717, 1.165) is 25.2 Å². The van der Waals surface area contributed by atoms with Crippen LogP contribution in [-0.2, 0) is 0 Å². The molecule has 1 rings (SSSR count). The van der Waals surface area contributed by atoms with Crippen LogP contribution in [0.4, 0.5) is 5.95 Å². The van der Waals surface area contributed by atoms with Crippen LogP contribution >= 0.6 is 0 Å². The van der Waals surface area contributed by atoms with Crippen molar-refractivity contribution in [1.82, 2.24) is 14.9 Å². The van der Waals surface area contributed by atoms with E-state index in [0.29, 0.717) is 17.6 Å². The van der Waals surface area contributed by atoms with Crippen molar-refractivity contribution in [3.05, 3.63) is 17.5 Å². The van der Waals surface area contributed by atoms with Crippen LogP contribution in [0, 0.1) is 6.92 Å². The third-order valence-electron chi connectivity index (χ3n) is 3.46. The zero-order valence-corrected chi connectivity index (χ0v) is 12.5. The van der Waals surface area contributed by atoms with E-state index in [9.17, 15) is 4.79 Å². The molecule has 1 unspecified atom stereocenters. The molecule has 0 bridgehead atoms. The first-order chi connectivity index (χ1) is 8.95. The monoisotopic (exact) mass is 264 g/mol. The number of hydrogen-bond acceptors (Lipinski definition) is 5. The SMILES string of the molecule is CCN(C)C(C)CCNc1ncc(C(C)=O)c(C)n1. The first kappa shape index (κ1) is 15.6. The summed E-state index contributed by atoms with van der Waals surface area (Å²) in [5.41, 5.74) is 1.31. The lowest BCUT2D eigenvalue weighted by Gasteiger charge is -2.22. The van der Waals surface area contributed by atoms with Crippen LogP contribution in [0.5, 0.6) is 0 Å². The summed E-state index contributed by atoms with van der Waals surface area (Å²) in [5.74, 6) is 0.594. The fraction of sp³-hybridized carbons (Fsp3) is 0.643. The summed E-state index contributed by atoms with van der Waals surface area (Å²) in [6.07, 6.45) is 2.62. The van der Waals surface area contributed by atoms with Gasteiger partial charge in [0.15, 0.2) is 5.78 Å². The van der Waals surface area contributed by atoms with Crippen molar-refractivity contribution in [1.29, 1.82) is 0 Å². The van der Waals surface area contributed by atoms with Gasteiger partial charge in [0, 0.05) is 18.8 Å². The molecule has 0 saturated heterocycles. The highest BCUT2D eigenvalue weighted by Crippen LogP contribution is 2.08. The third kappa shape index (κ3) is 4.59. The maximum atomic E-state index is 11.3. The number of aryl methyl sites for hydroxylation is 1. The van der Waals surface area contributed by atoms with Gasteiger partial charge in [-0.1, -0.05) is 6.92 Å². The van der Waals surface area contributed by atoms with Gasteiger partial charge >= 0.3 is 0 Å². The van der Waals surface area contributed by atoms with E-state index in [1.807, 2.05) is 6.92 Å². The second-order valence-corrected chi connectivity index (χ2v) is 4.89. The quantitative estimate of drug-likeness (QED) is 0.765. The lowest BCUT2D eigenvalue weighted by molar-refractivity contribution is 0.101. The summed E-state index contributed by atoms with van der Waals surface area (Å²) in [5, 5.41) is 3.20. The second kappa shape index (κ2) is 7.19. The van der Waals surface area contributed by atoms with Gasteiger partial charge in [0.2, 0.25) is 5.95 Å². The Balaban J connectivity index is 2.51. The highest BCUT2D eigenvalue weighted by molar-refractivity contribution is 5.94. The Morgan fingerprint density at radius 2 is 2.21 bits per heavy atom. The predicted octanol–water partition coefficient (Wildman–Crippen LogP) is 2.13. The Labute approximate surface area is 115 Å². The second-order valence-electron chi connectivity index (χ2n) is 4.89. The van der Waals surface area contributed by atoms with Crippen LogP contribution in [0.3, 0.4) is 0 Å². The minimum absolute atomic E-state index is 0.00208. The summed E-state index contributed by atoms with van der Waals surface area (Å²) in [4.78, 5) is 22.0. The van der Waals surface area contributed by atoms with Gasteiger partial charge in [-0.2, -0.15) is 0 Å². The average molecular weight is 264 g/mol. The number of ketones is 1. The molecule has 0 saturated carbocycles. The van der Waals surface area contributed by atoms with Gasteiger partial charge in [-0.15, -0.1) is 0 Å². The van der Waals surface area contributed by atoms with Gasteiger partial charge < -0.3 is 10.2 Å². The maximum absolute atomic E-state index is 11.3. The van der Waals surface area contributed by atoms with E-state index in [2.05, 4.69) is 41.1 Å². The standard InChI is InChI=1S/C14H24N4O/c1-6-18(5)10(2)7-8-15-14-16-9-13(12(4)19)11(3)17-14/h9-10H,6-8H2,1-5H3,(H,15,16,17). The lowest BCUT2D eigenvalue weighted by atomic mass is 10.2. The van der Waals surface area contributed by atoms with Gasteiger partial charge in [0.05, 0.1) is 11.3 Å². The van der Waals surface area contributed by atoms with E-state index in [4.69, 9.17) is 0 Å². The predicted molar refractivity (Wildman–Crippen MR) is 77.6 cm³/mol. The maximum Gasteiger partial charge on any atom is 0.222 e. The zero-order valence-electron chi connectivity index (χ0n) is 12.5. The van der Waals surface area contributed by atoms with Crippen LogP contribution in [-0.4, -0.2) is 46.8 Å². The van der Waals surface area contributed by atoms with E-state index in [1.54, 1.807) is 6.20 Å². The van der Waals surface area contributed by atoms with E-state index in [1.165, 1.54) is 6.92 Å². The fourth-order valence-corrected chi connectivity index (χ4v) is 1.82. The molecule has 0 aliphatic rings. The van der Waals surface area contributed by atoms with Crippen molar-refractivity contribution in [2.24, 2.45) is 0 Å². The third-order valence-corrected chi connectivity index (χ3v) is 3.46. The van der Waals surface area contributed by atoms with Gasteiger partial charge in [-0.25, -0.2) is 9.97 Å². The van der Waals surface area contributed by atoms with Crippen molar-refractivity contribution in [3.8, 4) is 0 Å². The molecule has 1 atom stereocenters. The highest BCUT2D eigenvalue weighted by atomic mass is 16.1. The molecule has 1 N–H and O–H groups in total. The Morgan fingerprint density at radius 1 is 1.53 bits per heavy atom. The molecule has 0 spiro atoms. The first-order valence-corrected chi connectivity index (χ1v) is 6.74. The van der Waals surface area contributed by atoms with Crippen LogP contribution in [0.15, 0.2) is 6.20 Å². The fourth-order valence-electron chi connectivity index (χ4n) is 1.82. The molecular formula is C14H24N4O. The molecule has 0 fully saturated rings. The molecule has 0 aromatic carbocycles. The number of aromatic nitrogens is 2. The average Bonchev–Trinajstić information content (AvgIpc) is 2.37. The smallest absolute Gasteiger partial charge is 0.222 e. The van der Waals surface area contributed by atoms with Crippen molar-refractivity contribution < 1.29 is 4.79 Å². The number of rotatable bonds is 7. The summed E-state index contributed by atoms with van der Waals surface area (Å²) < 4.78 is 0. The number of anilines is 1. The Morgan fingerprint density at radius 3 is 2.74 bits per heavy atom. The minimum atomic E-state index is 0.00208. The normalized spacial score (nSPS) is 12.5. The largest absolute Gasteiger partial charge is 0.354 e. The molecule has 1 aromatic rings. The molecule has 0 aliphatic carbocycles. The molecule has 0 amide bonds. The number of carbonyl (C=O) groups is 1. The van der Waals surface area contributed by atoms with Crippen molar-refractivity contribution in [3.63, 3.8) is 0 Å². The highest BCUT2D eigenvalue weighted by Gasteiger charge is 2.09. The van der Waals surface area contributed by atoms with Crippen LogP contribution in [0.2, 0.25) is 0 Å². The van der Waals surface area contributed by atoms with E-state index >= 15 is 0 Å². The van der Waals surface area contributed by atoms with Gasteiger partial charge in [-0.05, 0) is 40.8 Å². The molecule has 0 radical (unpaired) electrons. The summed E-state index contributed by atoms with van der Waals surface area (Å²) in [6.45, 7) is 9.58. The molecule has 5 heteroatoms. The lowest BCUT2D eigenvalue weighted by Crippen LogP contribution is -2.30. The topological polar surface area (TPSA) is 58.1 Å². The van der Waals surface area contributed by atoms with Crippen molar-refractivity contribution >= 4 is 11.7 Å². The van der Waals surface area contributed by atoms with Crippen molar-refractivity contribution in [2.45, 2.75) is 40.2 Å². The van der Waals surface area contributed by atoms with E-state index in [-0.39, 0.29) is 5.78 Å². The number of nitrogens with one attached hydrogen (secondary N) is 1. The number of Topliss-reactive ketones (excluding diaryl/α,β-unsaturated/α-hetero) is 1. The molecular weight excluding hydrogens is 240 g/mol. The minimum Gasteiger partial charge on any atom is -0.354 e. The van der Waals surface area contributed by atoms with E-state index < -0.39 is 0 Å². The Bertz CT molecular complexity index is 433. The molecule has 1 heterocycles. The van der Waals surface area contributed by atoms with Crippen molar-refractivity contribution in [2.75, 3.05) is 25.5 Å².